The van der Waals surface area contributed by atoms with E-state index in [4.69, 9.17) is 5.11 Å². The summed E-state index contributed by atoms with van der Waals surface area (Å²) in [4.78, 5) is 10.2. The Morgan fingerprint density at radius 3 is 3.07 bits per heavy atom. The van der Waals surface area contributed by atoms with E-state index >= 15 is 0 Å². The maximum absolute atomic E-state index is 10.2. The minimum atomic E-state index is -0.889. The van der Waals surface area contributed by atoms with Crippen LogP contribution >= 0.6 is 0 Å². The molecule has 0 aliphatic carbocycles. The van der Waals surface area contributed by atoms with Crippen LogP contribution in [0, 0.1) is 0 Å². The van der Waals surface area contributed by atoms with E-state index in [-0.39, 0.29) is 6.54 Å². The van der Waals surface area contributed by atoms with E-state index in [1.165, 1.54) is 0 Å². The largest absolute Gasteiger partial charge is 0.480 e. The molecule has 1 heterocycles. The van der Waals surface area contributed by atoms with Crippen LogP contribution in [0.2, 0.25) is 0 Å². The molecule has 14 heavy (non-hydrogen) atoms. The number of aryl methyl sites for hydroxylation is 1. The predicted molar refractivity (Wildman–Crippen MR) is 47.5 cm³/mol. The van der Waals surface area contributed by atoms with E-state index in [2.05, 4.69) is 20.8 Å². The summed E-state index contributed by atoms with van der Waals surface area (Å²) in [5.74, 6) is -0.229. The Bertz CT molecular complexity index is 298. The van der Waals surface area contributed by atoms with Gasteiger partial charge in [-0.1, -0.05) is 6.92 Å². The van der Waals surface area contributed by atoms with Crippen LogP contribution in [0.25, 0.3) is 0 Å². The van der Waals surface area contributed by atoms with Crippen molar-refractivity contribution >= 4 is 5.97 Å². The van der Waals surface area contributed by atoms with E-state index in [1.807, 2.05) is 6.92 Å². The number of rotatable bonds is 6. The summed E-state index contributed by atoms with van der Waals surface area (Å²) in [5, 5.41) is 22.2. The number of hydrogen-bond donors (Lipinski definition) is 2. The van der Waals surface area contributed by atoms with Crippen LogP contribution < -0.4 is 5.32 Å². The number of aromatic nitrogens is 4. The Hall–Kier alpha value is -1.50. The second-order valence-corrected chi connectivity index (χ2v) is 2.82. The number of carboxylic acids is 1. The Kier molecular flexibility index (Phi) is 3.99. The molecule has 0 saturated carbocycles. The lowest BCUT2D eigenvalue weighted by Gasteiger charge is -2.02. The third-order valence-electron chi connectivity index (χ3n) is 1.60. The van der Waals surface area contributed by atoms with Gasteiger partial charge in [-0.25, -0.2) is 4.68 Å². The minimum Gasteiger partial charge on any atom is -0.480 e. The molecule has 78 valence electrons. The lowest BCUT2D eigenvalue weighted by Crippen LogP contribution is -2.24. The summed E-state index contributed by atoms with van der Waals surface area (Å²) in [6.07, 6.45) is 0.941. The highest BCUT2D eigenvalue weighted by Crippen LogP contribution is 1.93. The lowest BCUT2D eigenvalue weighted by molar-refractivity contribution is -0.136. The van der Waals surface area contributed by atoms with Gasteiger partial charge < -0.3 is 5.11 Å². The fraction of sp³-hybridized carbons (Fsp3) is 0.714. The molecule has 7 heteroatoms. The number of carbonyl (C=O) groups is 1. The Labute approximate surface area is 81.1 Å². The average molecular weight is 199 g/mol. The van der Waals surface area contributed by atoms with Gasteiger partial charge in [0.2, 0.25) is 0 Å². The van der Waals surface area contributed by atoms with Gasteiger partial charge in [-0.3, -0.25) is 10.1 Å². The van der Waals surface area contributed by atoms with Crippen molar-refractivity contribution in [3.8, 4) is 0 Å². The highest BCUT2D eigenvalue weighted by Gasteiger charge is 2.04. The van der Waals surface area contributed by atoms with Crippen molar-refractivity contribution in [1.82, 2.24) is 25.5 Å². The first-order chi connectivity index (χ1) is 6.74. The third-order valence-corrected chi connectivity index (χ3v) is 1.60. The van der Waals surface area contributed by atoms with Gasteiger partial charge in [-0.05, 0) is 16.8 Å². The summed E-state index contributed by atoms with van der Waals surface area (Å²) in [5.41, 5.74) is 0. The number of nitrogens with one attached hydrogen (secondary N) is 1. The van der Waals surface area contributed by atoms with E-state index < -0.39 is 5.97 Å². The summed E-state index contributed by atoms with van der Waals surface area (Å²) >= 11 is 0. The Morgan fingerprint density at radius 2 is 2.43 bits per heavy atom. The number of carboxylic acid groups (broad SMARTS) is 1. The second kappa shape index (κ2) is 5.28. The molecule has 0 radical (unpaired) electrons. The van der Waals surface area contributed by atoms with Crippen molar-refractivity contribution in [2.45, 2.75) is 26.4 Å². The summed E-state index contributed by atoms with van der Waals surface area (Å²) in [7, 11) is 0. The first kappa shape index (κ1) is 10.6. The normalized spacial score (nSPS) is 10.4. The maximum Gasteiger partial charge on any atom is 0.317 e. The maximum atomic E-state index is 10.2. The SMILES string of the molecule is CCCn1nnnc1CNCC(=O)O. The van der Waals surface area contributed by atoms with Crippen molar-refractivity contribution in [2.24, 2.45) is 0 Å². The van der Waals surface area contributed by atoms with Crippen LogP contribution in [0.1, 0.15) is 19.2 Å². The van der Waals surface area contributed by atoms with Crippen LogP contribution in [0.15, 0.2) is 0 Å². The van der Waals surface area contributed by atoms with Crippen molar-refractivity contribution in [2.75, 3.05) is 6.54 Å². The number of nitrogens with zero attached hydrogens (tertiary/aromatic N) is 4. The molecular weight excluding hydrogens is 186 g/mol. The molecule has 1 aromatic rings. The number of tetrazole rings is 1. The van der Waals surface area contributed by atoms with Gasteiger partial charge >= 0.3 is 5.97 Å². The second-order valence-electron chi connectivity index (χ2n) is 2.82. The van der Waals surface area contributed by atoms with Gasteiger partial charge in [0.15, 0.2) is 5.82 Å². The molecule has 0 aliphatic heterocycles. The highest BCUT2D eigenvalue weighted by molar-refractivity contribution is 5.68. The molecule has 1 aromatic heterocycles. The lowest BCUT2D eigenvalue weighted by atomic mass is 10.4. The zero-order valence-corrected chi connectivity index (χ0v) is 7.97. The standard InChI is InChI=1S/C7H13N5O2/c1-2-3-12-6(9-10-11-12)4-8-5-7(13)14/h8H,2-5H2,1H3,(H,13,14). The number of hydrogen-bond acceptors (Lipinski definition) is 5. The molecule has 0 aliphatic rings. The molecule has 0 spiro atoms. The predicted octanol–water partition coefficient (Wildman–Crippen LogP) is -0.743. The molecule has 0 aromatic carbocycles. The van der Waals surface area contributed by atoms with E-state index in [0.717, 1.165) is 13.0 Å². The average Bonchev–Trinajstić information content (AvgIpc) is 2.53. The molecule has 2 N–H and O–H groups in total. The Morgan fingerprint density at radius 1 is 1.64 bits per heavy atom. The van der Waals surface area contributed by atoms with E-state index in [1.54, 1.807) is 4.68 Å². The van der Waals surface area contributed by atoms with Crippen molar-refractivity contribution < 1.29 is 9.90 Å². The van der Waals surface area contributed by atoms with Crippen molar-refractivity contribution in [3.63, 3.8) is 0 Å². The van der Waals surface area contributed by atoms with Gasteiger partial charge in [0.1, 0.15) is 0 Å². The molecule has 0 bridgehead atoms. The van der Waals surface area contributed by atoms with Gasteiger partial charge in [0.25, 0.3) is 0 Å². The molecule has 0 atom stereocenters. The van der Waals surface area contributed by atoms with Crippen LogP contribution in [-0.4, -0.2) is 37.8 Å². The van der Waals surface area contributed by atoms with E-state index in [9.17, 15) is 4.79 Å². The molecule has 7 nitrogen and oxygen atoms in total. The van der Waals surface area contributed by atoms with Gasteiger partial charge in [0, 0.05) is 6.54 Å². The quantitative estimate of drug-likeness (QED) is 0.626. The molecule has 0 saturated heterocycles. The fourth-order valence-corrected chi connectivity index (χ4v) is 1.02. The van der Waals surface area contributed by atoms with Crippen LogP contribution in [0.5, 0.6) is 0 Å². The molecule has 0 unspecified atom stereocenters. The molecule has 1 rings (SSSR count). The van der Waals surface area contributed by atoms with Gasteiger partial charge in [-0.15, -0.1) is 5.10 Å². The Balaban J connectivity index is 2.41. The minimum absolute atomic E-state index is 0.0843. The monoisotopic (exact) mass is 199 g/mol. The summed E-state index contributed by atoms with van der Waals surface area (Å²) in [6, 6.07) is 0. The smallest absolute Gasteiger partial charge is 0.317 e. The fourth-order valence-electron chi connectivity index (χ4n) is 1.02. The van der Waals surface area contributed by atoms with Crippen molar-refractivity contribution in [1.29, 1.82) is 0 Å². The van der Waals surface area contributed by atoms with E-state index in [0.29, 0.717) is 12.4 Å². The van der Waals surface area contributed by atoms with Crippen LogP contribution in [0.3, 0.4) is 0 Å². The van der Waals surface area contributed by atoms with Gasteiger partial charge in [0.05, 0.1) is 13.1 Å². The zero-order valence-electron chi connectivity index (χ0n) is 7.97. The van der Waals surface area contributed by atoms with Gasteiger partial charge in [-0.2, -0.15) is 0 Å². The summed E-state index contributed by atoms with van der Waals surface area (Å²) in [6.45, 7) is 3.06. The first-order valence-electron chi connectivity index (χ1n) is 4.41. The third kappa shape index (κ3) is 3.09. The highest BCUT2D eigenvalue weighted by atomic mass is 16.4. The van der Waals surface area contributed by atoms with Crippen molar-refractivity contribution in [3.05, 3.63) is 5.82 Å². The molecule has 0 fully saturated rings. The topological polar surface area (TPSA) is 92.9 Å². The number of aliphatic carboxylic acids is 1. The van der Waals surface area contributed by atoms with Crippen LogP contribution in [0.4, 0.5) is 0 Å². The summed E-state index contributed by atoms with van der Waals surface area (Å²) < 4.78 is 1.66. The first-order valence-corrected chi connectivity index (χ1v) is 4.41. The van der Waals surface area contributed by atoms with Crippen LogP contribution in [-0.2, 0) is 17.9 Å². The zero-order chi connectivity index (χ0) is 10.4. The molecular formula is C7H13N5O2. The molecule has 0 amide bonds.